The molecule has 1 aliphatic heterocycles. The molecule has 0 fully saturated rings. The first-order chi connectivity index (χ1) is 14.2. The quantitative estimate of drug-likeness (QED) is 0.694. The van der Waals surface area contributed by atoms with Crippen LogP contribution in [0.2, 0.25) is 0 Å². The van der Waals surface area contributed by atoms with Gasteiger partial charge >= 0.3 is 12.1 Å². The fourth-order valence-electron chi connectivity index (χ4n) is 3.16. The van der Waals surface area contributed by atoms with Crippen LogP contribution in [0.4, 0.5) is 18.9 Å². The maximum Gasteiger partial charge on any atom is 0.490 e. The molecule has 0 aromatic carbocycles. The summed E-state index contributed by atoms with van der Waals surface area (Å²) in [5.41, 5.74) is 4.91. The van der Waals surface area contributed by atoms with Crippen LogP contribution in [0.25, 0.3) is 0 Å². The molecule has 0 atom stereocenters. The van der Waals surface area contributed by atoms with Gasteiger partial charge in [0.2, 0.25) is 0 Å². The van der Waals surface area contributed by atoms with Crippen LogP contribution in [-0.4, -0.2) is 41.8 Å². The van der Waals surface area contributed by atoms with Gasteiger partial charge in [-0.05, 0) is 32.0 Å². The van der Waals surface area contributed by atoms with Gasteiger partial charge in [-0.15, -0.1) is 0 Å². The summed E-state index contributed by atoms with van der Waals surface area (Å²) in [6.45, 7) is 6.83. The average Bonchev–Trinajstić information content (AvgIpc) is 3.40. The molecule has 3 aromatic rings. The minimum absolute atomic E-state index is 0.351. The first-order valence-corrected chi connectivity index (χ1v) is 9.18. The largest absolute Gasteiger partial charge is 0.490 e. The molecule has 4 heterocycles. The Morgan fingerprint density at radius 2 is 1.97 bits per heavy atom. The smallest absolute Gasteiger partial charge is 0.475 e. The third-order valence-corrected chi connectivity index (χ3v) is 4.50. The second-order valence-electron chi connectivity index (χ2n) is 6.98. The number of hydrogen-bond acceptors (Lipinski definition) is 5. The summed E-state index contributed by atoms with van der Waals surface area (Å²) in [5.74, 6) is -2.76. The Balaban J connectivity index is 0.000000318. The molecular formula is C19H21F3N6O2. The SMILES string of the molecule is CC(C)n1nc(Cn2cccn2)c2c1CN(c1cccnc1)C2.O=C(O)C(F)(F)F. The van der Waals surface area contributed by atoms with Crippen molar-refractivity contribution in [2.24, 2.45) is 0 Å². The summed E-state index contributed by atoms with van der Waals surface area (Å²) < 4.78 is 35.8. The van der Waals surface area contributed by atoms with Crippen molar-refractivity contribution in [3.05, 3.63) is 59.9 Å². The van der Waals surface area contributed by atoms with Gasteiger partial charge in [0.05, 0.1) is 36.4 Å². The molecule has 1 aliphatic rings. The first kappa shape index (κ1) is 21.3. The van der Waals surface area contributed by atoms with Crippen molar-refractivity contribution in [2.45, 2.75) is 45.7 Å². The lowest BCUT2D eigenvalue weighted by molar-refractivity contribution is -0.192. The Hall–Kier alpha value is -3.37. The number of carboxylic acid groups (broad SMARTS) is 1. The molecule has 0 unspecified atom stereocenters. The molecule has 0 spiro atoms. The number of rotatable bonds is 4. The lowest BCUT2D eigenvalue weighted by Crippen LogP contribution is -2.21. The molecule has 0 radical (unpaired) electrons. The van der Waals surface area contributed by atoms with E-state index in [2.05, 4.69) is 39.6 Å². The Bertz CT molecular complexity index is 984. The summed E-state index contributed by atoms with van der Waals surface area (Å²) in [7, 11) is 0. The van der Waals surface area contributed by atoms with Crippen molar-refractivity contribution in [1.82, 2.24) is 24.5 Å². The van der Waals surface area contributed by atoms with Crippen molar-refractivity contribution in [3.8, 4) is 0 Å². The highest BCUT2D eigenvalue weighted by Gasteiger charge is 2.38. The highest BCUT2D eigenvalue weighted by molar-refractivity contribution is 5.73. The summed E-state index contributed by atoms with van der Waals surface area (Å²) in [6.07, 6.45) is 2.44. The summed E-state index contributed by atoms with van der Waals surface area (Å²) >= 11 is 0. The predicted molar refractivity (Wildman–Crippen MR) is 102 cm³/mol. The fourth-order valence-corrected chi connectivity index (χ4v) is 3.16. The number of nitrogens with zero attached hydrogens (tertiary/aromatic N) is 6. The van der Waals surface area contributed by atoms with Crippen molar-refractivity contribution < 1.29 is 23.1 Å². The molecule has 4 rings (SSSR count). The van der Waals surface area contributed by atoms with E-state index in [1.54, 1.807) is 0 Å². The fraction of sp³-hybridized carbons (Fsp3) is 0.368. The first-order valence-electron chi connectivity index (χ1n) is 9.18. The molecule has 0 amide bonds. The van der Waals surface area contributed by atoms with Gasteiger partial charge in [-0.1, -0.05) is 0 Å². The molecule has 0 bridgehead atoms. The zero-order chi connectivity index (χ0) is 21.9. The van der Waals surface area contributed by atoms with E-state index in [1.807, 2.05) is 41.6 Å². The van der Waals surface area contributed by atoms with Crippen LogP contribution in [0.15, 0.2) is 43.0 Å². The lowest BCUT2D eigenvalue weighted by Gasteiger charge is -2.19. The molecule has 1 N–H and O–H groups in total. The number of halogens is 3. The molecular weight excluding hydrogens is 401 g/mol. The van der Waals surface area contributed by atoms with E-state index in [0.717, 1.165) is 31.0 Å². The minimum atomic E-state index is -5.08. The van der Waals surface area contributed by atoms with E-state index >= 15 is 0 Å². The average molecular weight is 422 g/mol. The number of aromatic nitrogens is 5. The van der Waals surface area contributed by atoms with Crippen LogP contribution in [0.5, 0.6) is 0 Å². The van der Waals surface area contributed by atoms with Crippen LogP contribution in [0.3, 0.4) is 0 Å². The van der Waals surface area contributed by atoms with E-state index in [9.17, 15) is 13.2 Å². The standard InChI is InChI=1S/C17H20N6.C2HF3O2/c1-13(2)23-17-12-21(14-5-3-6-18-9-14)10-15(17)16(20-23)11-22-8-4-7-19-22;3-2(4,5)1(6)7/h3-9,13H,10-12H2,1-2H3;(H,6,7). The molecule has 8 nitrogen and oxygen atoms in total. The molecule has 160 valence electrons. The molecule has 0 aliphatic carbocycles. The van der Waals surface area contributed by atoms with Crippen molar-refractivity contribution in [3.63, 3.8) is 0 Å². The lowest BCUT2D eigenvalue weighted by atomic mass is 10.2. The maximum atomic E-state index is 10.6. The topological polar surface area (TPSA) is 89.1 Å². The van der Waals surface area contributed by atoms with E-state index in [0.29, 0.717) is 6.04 Å². The van der Waals surface area contributed by atoms with E-state index < -0.39 is 12.1 Å². The minimum Gasteiger partial charge on any atom is -0.475 e. The number of carbonyl (C=O) groups is 1. The van der Waals surface area contributed by atoms with Crippen LogP contribution in [0, 0.1) is 0 Å². The third-order valence-electron chi connectivity index (χ3n) is 4.50. The number of aliphatic carboxylic acids is 1. The molecule has 11 heteroatoms. The number of hydrogen-bond donors (Lipinski definition) is 1. The molecule has 0 saturated carbocycles. The number of fused-ring (bicyclic) bond motifs is 1. The van der Waals surface area contributed by atoms with Crippen LogP contribution < -0.4 is 4.90 Å². The monoisotopic (exact) mass is 422 g/mol. The van der Waals surface area contributed by atoms with Gasteiger partial charge < -0.3 is 10.0 Å². The van der Waals surface area contributed by atoms with E-state index in [1.165, 1.54) is 11.3 Å². The Morgan fingerprint density at radius 3 is 2.50 bits per heavy atom. The summed E-state index contributed by atoms with van der Waals surface area (Å²) in [4.78, 5) is 15.5. The van der Waals surface area contributed by atoms with Crippen LogP contribution >= 0.6 is 0 Å². The molecule has 0 saturated heterocycles. The third kappa shape index (κ3) is 4.78. The van der Waals surface area contributed by atoms with Gasteiger partial charge in [0.1, 0.15) is 0 Å². The van der Waals surface area contributed by atoms with Gasteiger partial charge in [-0.3, -0.25) is 14.3 Å². The van der Waals surface area contributed by atoms with Gasteiger partial charge in [0, 0.05) is 36.7 Å². The van der Waals surface area contributed by atoms with Gasteiger partial charge in [-0.25, -0.2) is 4.79 Å². The zero-order valence-corrected chi connectivity index (χ0v) is 16.4. The normalized spacial score (nSPS) is 13.2. The maximum absolute atomic E-state index is 10.6. The van der Waals surface area contributed by atoms with Gasteiger partial charge in [0.15, 0.2) is 0 Å². The second-order valence-corrected chi connectivity index (χ2v) is 6.98. The second kappa shape index (κ2) is 8.56. The Morgan fingerprint density at radius 1 is 1.23 bits per heavy atom. The Labute approximate surface area is 170 Å². The summed E-state index contributed by atoms with van der Waals surface area (Å²) in [5, 5.41) is 16.3. The van der Waals surface area contributed by atoms with Crippen LogP contribution in [0.1, 0.15) is 36.8 Å². The molecule has 3 aromatic heterocycles. The zero-order valence-electron chi connectivity index (χ0n) is 16.4. The van der Waals surface area contributed by atoms with Crippen molar-refractivity contribution in [1.29, 1.82) is 0 Å². The highest BCUT2D eigenvalue weighted by Crippen LogP contribution is 2.31. The van der Waals surface area contributed by atoms with E-state index in [-0.39, 0.29) is 0 Å². The van der Waals surface area contributed by atoms with Gasteiger partial charge in [-0.2, -0.15) is 23.4 Å². The summed E-state index contributed by atoms with van der Waals surface area (Å²) in [6, 6.07) is 6.39. The number of carboxylic acids is 1. The number of alkyl halides is 3. The Kier molecular flexibility index (Phi) is 6.09. The van der Waals surface area contributed by atoms with Crippen molar-refractivity contribution >= 4 is 11.7 Å². The molecule has 30 heavy (non-hydrogen) atoms. The van der Waals surface area contributed by atoms with Crippen LogP contribution in [-0.2, 0) is 24.4 Å². The number of pyridine rings is 1. The van der Waals surface area contributed by atoms with Crippen molar-refractivity contribution in [2.75, 3.05) is 4.90 Å². The number of anilines is 1. The van der Waals surface area contributed by atoms with E-state index in [4.69, 9.17) is 15.0 Å². The van der Waals surface area contributed by atoms with Gasteiger partial charge in [0.25, 0.3) is 0 Å². The highest BCUT2D eigenvalue weighted by atomic mass is 19.4. The predicted octanol–water partition coefficient (Wildman–Crippen LogP) is 3.26.